The number of nitrogens with one attached hydrogen (secondary N) is 2. The molecule has 3 N–H and O–H groups in total. The first kappa shape index (κ1) is 20.4. The van der Waals surface area contributed by atoms with E-state index in [1.807, 2.05) is 19.1 Å². The third kappa shape index (κ3) is 2.72. The minimum Gasteiger partial charge on any atom is -0.481 e. The van der Waals surface area contributed by atoms with E-state index in [1.165, 1.54) is 4.90 Å². The van der Waals surface area contributed by atoms with Gasteiger partial charge in [-0.3, -0.25) is 24.5 Å². The van der Waals surface area contributed by atoms with Crippen molar-refractivity contribution >= 4 is 35.1 Å². The van der Waals surface area contributed by atoms with E-state index in [9.17, 15) is 24.3 Å². The van der Waals surface area contributed by atoms with Gasteiger partial charge in [-0.25, -0.2) is 4.90 Å². The number of hydrogen-bond acceptors (Lipinski definition) is 5. The number of carbonyl (C=O) groups is 4. The van der Waals surface area contributed by atoms with Crippen LogP contribution in [0.2, 0.25) is 0 Å². The third-order valence-corrected chi connectivity index (χ3v) is 6.89. The average molecular weight is 433 g/mol. The van der Waals surface area contributed by atoms with Crippen LogP contribution < -0.4 is 15.5 Å². The number of rotatable bonds is 5. The number of aliphatic carboxylic acids is 1. The van der Waals surface area contributed by atoms with E-state index in [4.69, 9.17) is 0 Å². The molecule has 2 aromatic rings. The number of aryl methyl sites for hydroxylation is 1. The summed E-state index contributed by atoms with van der Waals surface area (Å²) in [4.78, 5) is 53.0. The molecule has 2 fully saturated rings. The number of anilines is 2. The molecule has 0 saturated carbocycles. The monoisotopic (exact) mass is 433 g/mol. The molecular formula is C24H23N3O5. The number of benzene rings is 2. The number of amides is 3. The standard InChI is InChI=1S/C24H23N3O5/c1-2-13-7-9-14(10-8-13)27-21(30)19-17(11-12-18(28)29)26-24(20(19)22(27)31)15-5-3-4-6-16(15)25-23(24)32/h3-10,17,19-20,26H,2,11-12H2,1H3,(H,25,32)(H,28,29). The Morgan fingerprint density at radius 3 is 2.47 bits per heavy atom. The van der Waals surface area contributed by atoms with E-state index in [-0.39, 0.29) is 12.8 Å². The maximum absolute atomic E-state index is 13.7. The molecule has 0 aromatic heterocycles. The number of carbonyl (C=O) groups excluding carboxylic acids is 3. The maximum Gasteiger partial charge on any atom is 0.303 e. The zero-order valence-electron chi connectivity index (χ0n) is 17.5. The Kier molecular flexibility index (Phi) is 4.63. The minimum atomic E-state index is -1.41. The summed E-state index contributed by atoms with van der Waals surface area (Å²) in [6, 6.07) is 13.7. The lowest BCUT2D eigenvalue weighted by atomic mass is 9.76. The van der Waals surface area contributed by atoms with Gasteiger partial charge in [0, 0.05) is 23.7 Å². The first-order chi connectivity index (χ1) is 15.4. The second kappa shape index (κ2) is 7.27. The molecule has 164 valence electrons. The van der Waals surface area contributed by atoms with E-state index in [1.54, 1.807) is 36.4 Å². The van der Waals surface area contributed by atoms with Gasteiger partial charge in [-0.2, -0.15) is 0 Å². The minimum absolute atomic E-state index is 0.134. The molecule has 2 aromatic carbocycles. The molecule has 0 aliphatic carbocycles. The van der Waals surface area contributed by atoms with Crippen LogP contribution in [0.15, 0.2) is 48.5 Å². The molecule has 3 aliphatic rings. The lowest BCUT2D eigenvalue weighted by Gasteiger charge is -2.29. The molecule has 0 radical (unpaired) electrons. The lowest BCUT2D eigenvalue weighted by molar-refractivity contribution is -0.137. The first-order valence-corrected chi connectivity index (χ1v) is 10.8. The van der Waals surface area contributed by atoms with Crippen molar-refractivity contribution in [2.75, 3.05) is 10.2 Å². The van der Waals surface area contributed by atoms with E-state index in [0.717, 1.165) is 12.0 Å². The molecule has 8 nitrogen and oxygen atoms in total. The molecule has 4 unspecified atom stereocenters. The predicted octanol–water partition coefficient (Wildman–Crippen LogP) is 2.04. The van der Waals surface area contributed by atoms with Crippen molar-refractivity contribution < 1.29 is 24.3 Å². The van der Waals surface area contributed by atoms with E-state index in [0.29, 0.717) is 16.9 Å². The Labute approximate surface area is 184 Å². The Morgan fingerprint density at radius 1 is 1.06 bits per heavy atom. The molecule has 5 rings (SSSR count). The molecule has 8 heteroatoms. The zero-order chi connectivity index (χ0) is 22.6. The van der Waals surface area contributed by atoms with Crippen molar-refractivity contribution in [3.63, 3.8) is 0 Å². The fraction of sp³-hybridized carbons (Fsp3) is 0.333. The SMILES string of the molecule is CCc1ccc(N2C(=O)C3C(CCC(=O)O)NC4(C(=O)Nc5ccccc54)C3C2=O)cc1. The molecule has 0 bridgehead atoms. The number of carboxylic acid groups (broad SMARTS) is 1. The Bertz CT molecular complexity index is 1140. The molecule has 3 amide bonds. The van der Waals surface area contributed by atoms with E-state index < -0.39 is 47.1 Å². The van der Waals surface area contributed by atoms with Crippen LogP contribution in [0.1, 0.15) is 30.9 Å². The zero-order valence-corrected chi connectivity index (χ0v) is 17.5. The Hall–Kier alpha value is -3.52. The fourth-order valence-electron chi connectivity index (χ4n) is 5.42. The normalized spacial score (nSPS) is 28.2. The molecule has 1 spiro atoms. The summed E-state index contributed by atoms with van der Waals surface area (Å²) in [5.41, 5.74) is 1.34. The van der Waals surface area contributed by atoms with Crippen LogP contribution in [0.3, 0.4) is 0 Å². The number of fused-ring (bicyclic) bond motifs is 4. The molecule has 2 saturated heterocycles. The van der Waals surface area contributed by atoms with Gasteiger partial charge in [0.1, 0.15) is 5.54 Å². The molecule has 3 aliphatic heterocycles. The highest BCUT2D eigenvalue weighted by Gasteiger charge is 2.70. The number of carboxylic acids is 1. The summed E-state index contributed by atoms with van der Waals surface area (Å²) < 4.78 is 0. The predicted molar refractivity (Wildman–Crippen MR) is 116 cm³/mol. The van der Waals surface area contributed by atoms with Crippen molar-refractivity contribution in [2.24, 2.45) is 11.8 Å². The number of imide groups is 1. The number of hydrogen-bond donors (Lipinski definition) is 3. The van der Waals surface area contributed by atoms with Crippen molar-refractivity contribution in [3.8, 4) is 0 Å². The molecule has 4 atom stereocenters. The van der Waals surface area contributed by atoms with Crippen molar-refractivity contribution in [3.05, 3.63) is 59.7 Å². The molecule has 3 heterocycles. The van der Waals surface area contributed by atoms with Crippen LogP contribution in [0.4, 0.5) is 11.4 Å². The van der Waals surface area contributed by atoms with E-state index in [2.05, 4.69) is 10.6 Å². The van der Waals surface area contributed by atoms with Crippen LogP contribution in [-0.2, 0) is 31.1 Å². The Balaban J connectivity index is 1.61. The second-order valence-electron chi connectivity index (χ2n) is 8.53. The van der Waals surface area contributed by atoms with Gasteiger partial charge in [0.2, 0.25) is 17.7 Å². The van der Waals surface area contributed by atoms with Gasteiger partial charge >= 0.3 is 5.97 Å². The first-order valence-electron chi connectivity index (χ1n) is 10.8. The number of nitrogens with zero attached hydrogens (tertiary/aromatic N) is 1. The topological polar surface area (TPSA) is 116 Å². The van der Waals surface area contributed by atoms with Crippen molar-refractivity contribution in [2.45, 2.75) is 37.8 Å². The highest BCUT2D eigenvalue weighted by atomic mass is 16.4. The number of para-hydroxylation sites is 1. The summed E-state index contributed by atoms with van der Waals surface area (Å²) in [5.74, 6) is -4.02. The van der Waals surface area contributed by atoms with Crippen LogP contribution in [-0.4, -0.2) is 34.8 Å². The summed E-state index contributed by atoms with van der Waals surface area (Å²) in [6.07, 6.45) is 0.789. The lowest BCUT2D eigenvalue weighted by Crippen LogP contribution is -2.53. The maximum atomic E-state index is 13.7. The van der Waals surface area contributed by atoms with Gasteiger partial charge in [-0.15, -0.1) is 0 Å². The summed E-state index contributed by atoms with van der Waals surface area (Å²) in [5, 5.41) is 15.3. The van der Waals surface area contributed by atoms with Gasteiger partial charge in [-0.1, -0.05) is 37.3 Å². The van der Waals surface area contributed by atoms with Crippen LogP contribution in [0.25, 0.3) is 0 Å². The van der Waals surface area contributed by atoms with Crippen LogP contribution in [0.5, 0.6) is 0 Å². The highest BCUT2D eigenvalue weighted by Crippen LogP contribution is 2.54. The van der Waals surface area contributed by atoms with Gasteiger partial charge in [0.15, 0.2) is 0 Å². The van der Waals surface area contributed by atoms with Crippen molar-refractivity contribution in [1.82, 2.24) is 5.32 Å². The quantitative estimate of drug-likeness (QED) is 0.622. The second-order valence-corrected chi connectivity index (χ2v) is 8.53. The summed E-state index contributed by atoms with van der Waals surface area (Å²) in [7, 11) is 0. The summed E-state index contributed by atoms with van der Waals surface area (Å²) >= 11 is 0. The van der Waals surface area contributed by atoms with Crippen LogP contribution >= 0.6 is 0 Å². The largest absolute Gasteiger partial charge is 0.481 e. The van der Waals surface area contributed by atoms with Crippen molar-refractivity contribution in [1.29, 1.82) is 0 Å². The molecular weight excluding hydrogens is 410 g/mol. The summed E-state index contributed by atoms with van der Waals surface area (Å²) in [6.45, 7) is 2.02. The average Bonchev–Trinajstić information content (AvgIpc) is 3.37. The third-order valence-electron chi connectivity index (χ3n) is 6.89. The van der Waals surface area contributed by atoms with Crippen LogP contribution in [0, 0.1) is 11.8 Å². The fourth-order valence-corrected chi connectivity index (χ4v) is 5.42. The van der Waals surface area contributed by atoms with Gasteiger partial charge < -0.3 is 10.4 Å². The smallest absolute Gasteiger partial charge is 0.303 e. The van der Waals surface area contributed by atoms with Gasteiger partial charge in [0.25, 0.3) is 0 Å². The van der Waals surface area contributed by atoms with Gasteiger partial charge in [-0.05, 0) is 36.6 Å². The van der Waals surface area contributed by atoms with Gasteiger partial charge in [0.05, 0.1) is 17.5 Å². The Morgan fingerprint density at radius 2 is 1.78 bits per heavy atom. The van der Waals surface area contributed by atoms with E-state index >= 15 is 0 Å². The highest BCUT2D eigenvalue weighted by molar-refractivity contribution is 6.25. The molecule has 32 heavy (non-hydrogen) atoms.